The number of ether oxygens (including phenoxy) is 1. The van der Waals surface area contributed by atoms with E-state index in [1.54, 1.807) is 0 Å². The van der Waals surface area contributed by atoms with Crippen LogP contribution in [0.2, 0.25) is 0 Å². The molecule has 0 aliphatic heterocycles. The summed E-state index contributed by atoms with van der Waals surface area (Å²) in [6, 6.07) is 7.04. The number of nitrogens with one attached hydrogen (secondary N) is 2. The topological polar surface area (TPSA) is 152 Å². The number of benzene rings is 1. The zero-order valence-electron chi connectivity index (χ0n) is 18.7. The first-order valence-electron chi connectivity index (χ1n) is 9.62. The van der Waals surface area contributed by atoms with Gasteiger partial charge in [0.15, 0.2) is 26.3 Å². The molecule has 1 atom stereocenters. The lowest BCUT2D eigenvalue weighted by Gasteiger charge is -2.16. The number of pyridine rings is 1. The summed E-state index contributed by atoms with van der Waals surface area (Å²) in [6.07, 6.45) is -3.06. The van der Waals surface area contributed by atoms with Gasteiger partial charge in [-0.3, -0.25) is 4.79 Å². The molecule has 0 spiro atoms. The zero-order chi connectivity index (χ0) is 27.1. The number of carbonyl (C=O) groups excluding carboxylic acids is 1. The minimum atomic E-state index is -4.99. The summed E-state index contributed by atoms with van der Waals surface area (Å²) in [5.41, 5.74) is -2.94. The largest absolute Gasteiger partial charge is 0.435 e. The van der Waals surface area contributed by atoms with E-state index >= 15 is 0 Å². The SMILES string of the molecule is Cc1c(C(F)(F)F)nnc(Oc2ccc(S(C)(=O)=O)nc2F)c1C(=O)Nc1cccc(S(C)(=N)=O)c1. The van der Waals surface area contributed by atoms with Crippen molar-refractivity contribution < 1.29 is 39.7 Å². The van der Waals surface area contributed by atoms with Gasteiger partial charge in [-0.1, -0.05) is 6.07 Å². The summed E-state index contributed by atoms with van der Waals surface area (Å²) >= 11 is 0. The lowest BCUT2D eigenvalue weighted by atomic mass is 10.1. The van der Waals surface area contributed by atoms with Crippen LogP contribution in [0.3, 0.4) is 0 Å². The Bertz CT molecular complexity index is 1580. The van der Waals surface area contributed by atoms with Crippen molar-refractivity contribution in [2.24, 2.45) is 0 Å². The number of sulfone groups is 1. The number of carbonyl (C=O) groups is 1. The monoisotopic (exact) mass is 547 g/mol. The van der Waals surface area contributed by atoms with Crippen LogP contribution in [0.4, 0.5) is 23.2 Å². The number of anilines is 1. The van der Waals surface area contributed by atoms with E-state index in [0.717, 1.165) is 31.6 Å². The van der Waals surface area contributed by atoms with Gasteiger partial charge in [0.25, 0.3) is 17.7 Å². The van der Waals surface area contributed by atoms with Crippen molar-refractivity contribution in [3.05, 3.63) is 59.2 Å². The minimum Gasteiger partial charge on any atom is -0.432 e. The van der Waals surface area contributed by atoms with E-state index in [-0.39, 0.29) is 10.6 Å². The van der Waals surface area contributed by atoms with Gasteiger partial charge in [-0.25, -0.2) is 22.4 Å². The second-order valence-electron chi connectivity index (χ2n) is 7.49. The van der Waals surface area contributed by atoms with E-state index in [1.165, 1.54) is 24.3 Å². The highest BCUT2D eigenvalue weighted by Crippen LogP contribution is 2.35. The molecule has 0 aliphatic carbocycles. The van der Waals surface area contributed by atoms with Crippen molar-refractivity contribution in [3.8, 4) is 11.6 Å². The van der Waals surface area contributed by atoms with Gasteiger partial charge in [0.05, 0.1) is 9.73 Å². The molecule has 1 aromatic carbocycles. The van der Waals surface area contributed by atoms with E-state index in [0.29, 0.717) is 0 Å². The highest BCUT2D eigenvalue weighted by molar-refractivity contribution is 7.91. The Morgan fingerprint density at radius 1 is 1.08 bits per heavy atom. The van der Waals surface area contributed by atoms with Gasteiger partial charge in [0.1, 0.15) is 5.56 Å². The Balaban J connectivity index is 2.09. The fourth-order valence-electron chi connectivity index (χ4n) is 2.91. The molecule has 0 saturated carbocycles. The average molecular weight is 548 g/mol. The maximum Gasteiger partial charge on any atom is 0.435 e. The molecule has 3 rings (SSSR count). The number of amides is 1. The predicted octanol–water partition coefficient (Wildman–Crippen LogP) is 3.82. The number of alkyl halides is 3. The van der Waals surface area contributed by atoms with Gasteiger partial charge in [-0.15, -0.1) is 10.2 Å². The quantitative estimate of drug-likeness (QED) is 0.349. The number of rotatable bonds is 6. The third kappa shape index (κ3) is 5.93. The van der Waals surface area contributed by atoms with E-state index in [4.69, 9.17) is 9.52 Å². The Morgan fingerprint density at radius 2 is 1.75 bits per heavy atom. The Kier molecular flexibility index (Phi) is 7.05. The summed E-state index contributed by atoms with van der Waals surface area (Å²) in [7, 11) is -7.04. The zero-order valence-corrected chi connectivity index (χ0v) is 20.3. The molecular weight excluding hydrogens is 530 g/mol. The summed E-state index contributed by atoms with van der Waals surface area (Å²) in [6.45, 7) is 0.930. The molecule has 2 aromatic heterocycles. The van der Waals surface area contributed by atoms with Gasteiger partial charge >= 0.3 is 6.18 Å². The molecule has 36 heavy (non-hydrogen) atoms. The fourth-order valence-corrected chi connectivity index (χ4v) is 4.16. The van der Waals surface area contributed by atoms with Crippen LogP contribution in [0.15, 0.2) is 46.3 Å². The summed E-state index contributed by atoms with van der Waals surface area (Å²) in [5, 5.41) is 8.02. The van der Waals surface area contributed by atoms with Gasteiger partial charge in [-0.05, 0) is 42.8 Å². The highest BCUT2D eigenvalue weighted by atomic mass is 32.2. The van der Waals surface area contributed by atoms with Crippen molar-refractivity contribution in [2.45, 2.75) is 23.0 Å². The molecule has 2 heterocycles. The van der Waals surface area contributed by atoms with Crippen molar-refractivity contribution in [2.75, 3.05) is 17.8 Å². The molecule has 2 N–H and O–H groups in total. The van der Waals surface area contributed by atoms with Crippen LogP contribution in [-0.2, 0) is 25.7 Å². The molecule has 1 amide bonds. The molecule has 192 valence electrons. The first kappa shape index (κ1) is 26.9. The maximum atomic E-state index is 14.4. The molecule has 3 aromatic rings. The van der Waals surface area contributed by atoms with Gasteiger partial charge in [0.2, 0.25) is 0 Å². The molecule has 0 saturated heterocycles. The van der Waals surface area contributed by atoms with Crippen molar-refractivity contribution in [3.63, 3.8) is 0 Å². The molecule has 0 fully saturated rings. The summed E-state index contributed by atoms with van der Waals surface area (Å²) in [4.78, 5) is 16.3. The number of hydrogen-bond acceptors (Lipinski definition) is 9. The number of halogens is 4. The van der Waals surface area contributed by atoms with E-state index in [1.807, 2.05) is 0 Å². The van der Waals surface area contributed by atoms with Crippen LogP contribution in [0.25, 0.3) is 0 Å². The second-order valence-corrected chi connectivity index (χ2v) is 11.6. The van der Waals surface area contributed by atoms with Crippen LogP contribution in [0.5, 0.6) is 11.6 Å². The van der Waals surface area contributed by atoms with Crippen LogP contribution < -0.4 is 10.1 Å². The smallest absolute Gasteiger partial charge is 0.432 e. The molecule has 0 aliphatic rings. The van der Waals surface area contributed by atoms with Gasteiger partial charge in [0, 0.05) is 23.1 Å². The third-order valence-electron chi connectivity index (χ3n) is 4.60. The van der Waals surface area contributed by atoms with Gasteiger partial charge < -0.3 is 10.1 Å². The maximum absolute atomic E-state index is 14.4. The van der Waals surface area contributed by atoms with Crippen molar-refractivity contribution in [1.29, 1.82) is 4.78 Å². The van der Waals surface area contributed by atoms with E-state index in [2.05, 4.69) is 20.5 Å². The molecule has 0 bridgehead atoms. The minimum absolute atomic E-state index is 0.000369. The van der Waals surface area contributed by atoms with E-state index < -0.39 is 71.1 Å². The normalized spacial score (nSPS) is 13.6. The first-order valence-corrected chi connectivity index (χ1v) is 13.5. The van der Waals surface area contributed by atoms with Crippen molar-refractivity contribution in [1.82, 2.24) is 15.2 Å². The summed E-state index contributed by atoms with van der Waals surface area (Å²) < 4.78 is 103. The van der Waals surface area contributed by atoms with Crippen LogP contribution >= 0.6 is 0 Å². The second kappa shape index (κ2) is 9.42. The van der Waals surface area contributed by atoms with Crippen LogP contribution in [0.1, 0.15) is 21.6 Å². The van der Waals surface area contributed by atoms with Crippen molar-refractivity contribution >= 4 is 31.2 Å². The van der Waals surface area contributed by atoms with Crippen LogP contribution in [0, 0.1) is 17.7 Å². The molecule has 16 heteroatoms. The molecular formula is C20H17F4N5O5S2. The number of aromatic nitrogens is 3. The van der Waals surface area contributed by atoms with E-state index in [9.17, 15) is 35.0 Å². The lowest BCUT2D eigenvalue weighted by molar-refractivity contribution is -0.142. The predicted molar refractivity (Wildman–Crippen MR) is 119 cm³/mol. The van der Waals surface area contributed by atoms with Crippen LogP contribution in [-0.4, -0.2) is 46.2 Å². The molecule has 1 unspecified atom stereocenters. The Hall–Kier alpha value is -3.66. The molecule has 10 nitrogen and oxygen atoms in total. The lowest BCUT2D eigenvalue weighted by Crippen LogP contribution is -2.21. The Labute approximate surface area is 202 Å². The average Bonchev–Trinajstić information content (AvgIpc) is 2.73. The molecule has 0 radical (unpaired) electrons. The highest BCUT2D eigenvalue weighted by Gasteiger charge is 2.38. The number of hydrogen-bond donors (Lipinski definition) is 2. The first-order chi connectivity index (χ1) is 16.5. The standard InChI is InChI=1S/C20H17F4N5O5S2/c1-10-15(18(30)26-11-5-4-6-12(9-11)35(2,25)31)19(29-28-16(10)20(22,23)24)34-13-7-8-14(27-17(13)21)36(3,32)33/h4-9,25H,1-3H3,(H,26,30). The third-order valence-corrected chi connectivity index (χ3v) is 6.74. The fraction of sp³-hybridized carbons (Fsp3) is 0.200. The van der Waals surface area contributed by atoms with Gasteiger partial charge in [-0.2, -0.15) is 17.6 Å². The Morgan fingerprint density at radius 3 is 2.31 bits per heavy atom. The number of nitrogens with zero attached hydrogens (tertiary/aromatic N) is 3. The summed E-state index contributed by atoms with van der Waals surface area (Å²) in [5.74, 6) is -4.13.